The fourth-order valence-corrected chi connectivity index (χ4v) is 4.18. The summed E-state index contributed by atoms with van der Waals surface area (Å²) in [5, 5.41) is 1.18. The molecule has 1 saturated heterocycles. The topological polar surface area (TPSA) is 32.8 Å². The van der Waals surface area contributed by atoms with Gasteiger partial charge in [-0.05, 0) is 54.1 Å². The molecule has 0 aromatic heterocycles. The Labute approximate surface area is 207 Å². The van der Waals surface area contributed by atoms with Gasteiger partial charge in [-0.2, -0.15) is 0 Å². The molecule has 0 unspecified atom stereocenters. The lowest BCUT2D eigenvalue weighted by molar-refractivity contribution is 0.00145. The minimum absolute atomic E-state index is 0.0307. The fourth-order valence-electron chi connectivity index (χ4n) is 3.93. The number of piperazine rings is 1. The molecule has 0 radical (unpaired) electrons. The molecule has 3 aromatic rings. The summed E-state index contributed by atoms with van der Waals surface area (Å²) in [6.07, 6.45) is -0.421. The van der Waals surface area contributed by atoms with Crippen LogP contribution < -0.4 is 0 Å². The molecule has 4 rings (SSSR count). The largest absolute Gasteiger partial charge is 0.367 e. The van der Waals surface area contributed by atoms with Gasteiger partial charge in [0.15, 0.2) is 0 Å². The number of halogens is 4. The summed E-state index contributed by atoms with van der Waals surface area (Å²) >= 11 is 12.0. The summed E-state index contributed by atoms with van der Waals surface area (Å²) in [4.78, 5) is 16.8. The minimum Gasteiger partial charge on any atom is -0.367 e. The number of benzene rings is 3. The van der Waals surface area contributed by atoms with Gasteiger partial charge in [0, 0.05) is 53.9 Å². The van der Waals surface area contributed by atoms with Crippen molar-refractivity contribution in [2.75, 3.05) is 32.7 Å². The van der Waals surface area contributed by atoms with Crippen molar-refractivity contribution < 1.29 is 18.3 Å². The summed E-state index contributed by atoms with van der Waals surface area (Å²) in [6.45, 7) is 2.76. The second kappa shape index (κ2) is 11.3. The van der Waals surface area contributed by atoms with Gasteiger partial charge in [-0.25, -0.2) is 8.78 Å². The van der Waals surface area contributed by atoms with Crippen LogP contribution in [-0.2, 0) is 11.3 Å². The van der Waals surface area contributed by atoms with Crippen molar-refractivity contribution in [3.05, 3.63) is 105 Å². The van der Waals surface area contributed by atoms with Gasteiger partial charge in [0.25, 0.3) is 5.91 Å². The number of hydrogen-bond acceptors (Lipinski definition) is 3. The van der Waals surface area contributed by atoms with Crippen molar-refractivity contribution in [3.8, 4) is 0 Å². The number of hydrogen-bond donors (Lipinski definition) is 0. The Balaban J connectivity index is 1.41. The smallest absolute Gasteiger partial charge is 0.253 e. The summed E-state index contributed by atoms with van der Waals surface area (Å²) < 4.78 is 34.2. The standard InChI is InChI=1S/C26H24Cl2F2N2O2/c27-20-8-4-18(5-9-20)25(34-17-22-23(29)2-1-3-24(22)30)16-31-12-14-32(15-13-31)26(33)19-6-10-21(28)11-7-19/h1-11,25H,12-17H2/t25-/m0/s1. The normalized spacial score (nSPS) is 15.4. The van der Waals surface area contributed by atoms with E-state index in [1.807, 2.05) is 17.0 Å². The molecule has 0 saturated carbocycles. The van der Waals surface area contributed by atoms with E-state index < -0.39 is 17.7 Å². The molecule has 1 fully saturated rings. The van der Waals surface area contributed by atoms with Crippen LogP contribution in [0.15, 0.2) is 66.7 Å². The van der Waals surface area contributed by atoms with Gasteiger partial charge in [0.1, 0.15) is 11.6 Å². The van der Waals surface area contributed by atoms with E-state index in [1.165, 1.54) is 18.2 Å². The lowest BCUT2D eigenvalue weighted by Crippen LogP contribution is -2.49. The summed E-state index contributed by atoms with van der Waals surface area (Å²) in [5.41, 5.74) is 1.37. The van der Waals surface area contributed by atoms with E-state index in [9.17, 15) is 13.6 Å². The molecule has 1 aliphatic rings. The van der Waals surface area contributed by atoms with Crippen LogP contribution in [0.4, 0.5) is 8.78 Å². The summed E-state index contributed by atoms with van der Waals surface area (Å²) in [6, 6.07) is 17.9. The van der Waals surface area contributed by atoms with Crippen LogP contribution >= 0.6 is 23.2 Å². The van der Waals surface area contributed by atoms with Gasteiger partial charge in [-0.15, -0.1) is 0 Å². The first-order chi connectivity index (χ1) is 16.4. The number of nitrogens with zero attached hydrogens (tertiary/aromatic N) is 2. The lowest BCUT2D eigenvalue weighted by Gasteiger charge is -2.36. The first-order valence-electron chi connectivity index (χ1n) is 11.0. The monoisotopic (exact) mass is 504 g/mol. The quantitative estimate of drug-likeness (QED) is 0.396. The Morgan fingerprint density at radius 2 is 1.41 bits per heavy atom. The number of carbonyl (C=O) groups is 1. The lowest BCUT2D eigenvalue weighted by atomic mass is 10.1. The third-order valence-corrected chi connectivity index (χ3v) is 6.41. The van der Waals surface area contributed by atoms with Crippen molar-refractivity contribution >= 4 is 29.1 Å². The number of rotatable bonds is 7. The predicted octanol–water partition coefficient (Wildman–Crippen LogP) is 5.99. The molecule has 0 N–H and O–H groups in total. The first-order valence-corrected chi connectivity index (χ1v) is 11.7. The van der Waals surface area contributed by atoms with Crippen LogP contribution in [0.25, 0.3) is 0 Å². The molecule has 1 amide bonds. The molecule has 34 heavy (non-hydrogen) atoms. The second-order valence-electron chi connectivity index (χ2n) is 8.15. The minimum atomic E-state index is -0.635. The molecule has 0 spiro atoms. The van der Waals surface area contributed by atoms with Gasteiger partial charge >= 0.3 is 0 Å². The van der Waals surface area contributed by atoms with Crippen molar-refractivity contribution in [2.24, 2.45) is 0 Å². The first kappa shape index (κ1) is 24.6. The third kappa shape index (κ3) is 6.13. The van der Waals surface area contributed by atoms with Crippen LogP contribution in [0.2, 0.25) is 10.0 Å². The molecule has 4 nitrogen and oxygen atoms in total. The SMILES string of the molecule is O=C(c1ccc(Cl)cc1)N1CCN(C[C@H](OCc2c(F)cccc2F)c2ccc(Cl)cc2)CC1. The van der Waals surface area contributed by atoms with E-state index >= 15 is 0 Å². The van der Waals surface area contributed by atoms with Crippen LogP contribution in [0.5, 0.6) is 0 Å². The average molecular weight is 505 g/mol. The van der Waals surface area contributed by atoms with Crippen LogP contribution in [0.3, 0.4) is 0 Å². The summed E-state index contributed by atoms with van der Waals surface area (Å²) in [7, 11) is 0. The third-order valence-electron chi connectivity index (χ3n) is 5.91. The molecule has 1 aliphatic heterocycles. The van der Waals surface area contributed by atoms with E-state index in [-0.39, 0.29) is 18.1 Å². The highest BCUT2D eigenvalue weighted by atomic mass is 35.5. The maximum atomic E-state index is 14.1. The van der Waals surface area contributed by atoms with E-state index in [2.05, 4.69) is 4.90 Å². The van der Waals surface area contributed by atoms with Gasteiger partial charge in [-0.1, -0.05) is 41.4 Å². The summed E-state index contributed by atoms with van der Waals surface area (Å²) in [5.74, 6) is -1.30. The number of carbonyl (C=O) groups excluding carboxylic acids is 1. The molecule has 0 aliphatic carbocycles. The van der Waals surface area contributed by atoms with Gasteiger partial charge in [0.05, 0.1) is 12.7 Å². The zero-order valence-electron chi connectivity index (χ0n) is 18.4. The fraction of sp³-hybridized carbons (Fsp3) is 0.269. The van der Waals surface area contributed by atoms with Crippen LogP contribution in [0.1, 0.15) is 27.6 Å². The van der Waals surface area contributed by atoms with Crippen LogP contribution in [-0.4, -0.2) is 48.4 Å². The highest BCUT2D eigenvalue weighted by Gasteiger charge is 2.25. The number of ether oxygens (including phenoxy) is 1. The molecule has 178 valence electrons. The predicted molar refractivity (Wildman–Crippen MR) is 129 cm³/mol. The average Bonchev–Trinajstić information content (AvgIpc) is 2.84. The van der Waals surface area contributed by atoms with Crippen LogP contribution in [0, 0.1) is 11.6 Å². The molecule has 3 aromatic carbocycles. The Kier molecular flexibility index (Phi) is 8.16. The molecular weight excluding hydrogens is 481 g/mol. The Bertz CT molecular complexity index is 1100. The van der Waals surface area contributed by atoms with Gasteiger partial charge < -0.3 is 9.64 Å². The Morgan fingerprint density at radius 1 is 0.853 bits per heavy atom. The molecule has 1 atom stereocenters. The van der Waals surface area contributed by atoms with E-state index in [4.69, 9.17) is 27.9 Å². The van der Waals surface area contributed by atoms with Crippen molar-refractivity contribution in [1.82, 2.24) is 9.80 Å². The Hall–Kier alpha value is -2.51. The zero-order valence-corrected chi connectivity index (χ0v) is 19.9. The van der Waals surface area contributed by atoms with E-state index in [0.29, 0.717) is 48.3 Å². The maximum Gasteiger partial charge on any atom is 0.253 e. The highest BCUT2D eigenvalue weighted by Crippen LogP contribution is 2.25. The second-order valence-corrected chi connectivity index (χ2v) is 9.02. The molecule has 8 heteroatoms. The molecule has 0 bridgehead atoms. The van der Waals surface area contributed by atoms with Crippen molar-refractivity contribution in [1.29, 1.82) is 0 Å². The van der Waals surface area contributed by atoms with E-state index in [1.54, 1.807) is 36.4 Å². The van der Waals surface area contributed by atoms with Gasteiger partial charge in [0.2, 0.25) is 0 Å². The maximum absolute atomic E-state index is 14.1. The van der Waals surface area contributed by atoms with Crippen molar-refractivity contribution in [2.45, 2.75) is 12.7 Å². The Morgan fingerprint density at radius 3 is 2.00 bits per heavy atom. The van der Waals surface area contributed by atoms with Crippen molar-refractivity contribution in [3.63, 3.8) is 0 Å². The molecule has 1 heterocycles. The van der Waals surface area contributed by atoms with E-state index in [0.717, 1.165) is 5.56 Å². The zero-order chi connectivity index (χ0) is 24.1. The number of amides is 1. The molecular formula is C26H24Cl2F2N2O2. The highest BCUT2D eigenvalue weighted by molar-refractivity contribution is 6.30. The van der Waals surface area contributed by atoms with Gasteiger partial charge in [-0.3, -0.25) is 9.69 Å².